The van der Waals surface area contributed by atoms with Gasteiger partial charge in [-0.05, 0) is 42.0 Å². The maximum Gasteiger partial charge on any atom is 0.251 e. The van der Waals surface area contributed by atoms with Crippen molar-refractivity contribution in [2.24, 2.45) is 5.41 Å². The maximum absolute atomic E-state index is 12.4. The van der Waals surface area contributed by atoms with Crippen molar-refractivity contribution in [3.05, 3.63) is 29.8 Å². The number of aromatic nitrogens is 4. The number of carbonyl (C=O) groups excluding carboxylic acids is 1. The van der Waals surface area contributed by atoms with Gasteiger partial charge in [-0.1, -0.05) is 26.0 Å². The number of carbonyl (C=O) groups is 1. The van der Waals surface area contributed by atoms with E-state index in [0.29, 0.717) is 16.8 Å². The number of benzene rings is 1. The Bertz CT molecular complexity index is 635. The van der Waals surface area contributed by atoms with Crippen molar-refractivity contribution in [3.63, 3.8) is 0 Å². The van der Waals surface area contributed by atoms with Crippen molar-refractivity contribution in [1.82, 2.24) is 25.9 Å². The fraction of sp³-hybridized carbons (Fsp3) is 0.467. The summed E-state index contributed by atoms with van der Waals surface area (Å²) in [6.07, 6.45) is 3.23. The average Bonchev–Trinajstić information content (AvgIpc) is 3.09. The van der Waals surface area contributed by atoms with E-state index in [4.69, 9.17) is 0 Å². The highest BCUT2D eigenvalue weighted by atomic mass is 16.1. The number of aromatic amines is 1. The molecule has 0 bridgehead atoms. The minimum absolute atomic E-state index is 0.0388. The molecule has 1 aromatic heterocycles. The van der Waals surface area contributed by atoms with Crippen LogP contribution in [-0.2, 0) is 0 Å². The summed E-state index contributed by atoms with van der Waals surface area (Å²) in [5.41, 5.74) is 1.73. The molecule has 1 unspecified atom stereocenters. The van der Waals surface area contributed by atoms with Gasteiger partial charge in [-0.15, -0.1) is 10.2 Å². The first-order valence-corrected chi connectivity index (χ1v) is 7.18. The van der Waals surface area contributed by atoms with E-state index in [2.05, 4.69) is 39.8 Å². The predicted octanol–water partition coefficient (Wildman–Crippen LogP) is 2.18. The van der Waals surface area contributed by atoms with Crippen LogP contribution in [0.25, 0.3) is 11.4 Å². The summed E-state index contributed by atoms with van der Waals surface area (Å²) >= 11 is 0. The van der Waals surface area contributed by atoms with E-state index in [1.807, 2.05) is 12.1 Å². The largest absolute Gasteiger partial charge is 0.349 e. The van der Waals surface area contributed by atoms with Gasteiger partial charge in [0.1, 0.15) is 0 Å². The van der Waals surface area contributed by atoms with Crippen LogP contribution in [0.2, 0.25) is 0 Å². The second-order valence-electron chi connectivity index (χ2n) is 6.39. The van der Waals surface area contributed by atoms with Gasteiger partial charge in [0.2, 0.25) is 5.82 Å². The summed E-state index contributed by atoms with van der Waals surface area (Å²) in [6, 6.07) is 7.56. The number of nitrogens with one attached hydrogen (secondary N) is 2. The van der Waals surface area contributed by atoms with Crippen LogP contribution in [-0.4, -0.2) is 32.6 Å². The molecule has 1 fully saturated rings. The number of hydrogen-bond acceptors (Lipinski definition) is 4. The molecule has 0 aliphatic heterocycles. The number of nitrogens with zero attached hydrogens (tertiary/aromatic N) is 3. The van der Waals surface area contributed by atoms with Gasteiger partial charge in [0.05, 0.1) is 0 Å². The van der Waals surface area contributed by atoms with Crippen LogP contribution in [0.15, 0.2) is 24.3 Å². The zero-order valence-electron chi connectivity index (χ0n) is 12.3. The summed E-state index contributed by atoms with van der Waals surface area (Å²) in [4.78, 5) is 12.4. The van der Waals surface area contributed by atoms with Crippen LogP contribution in [0, 0.1) is 5.41 Å². The SMILES string of the molecule is CC1(C)CCC(NC(=O)c2cccc(-c3nn[nH]n3)c2)C1. The fourth-order valence-electron chi connectivity index (χ4n) is 2.91. The first-order valence-electron chi connectivity index (χ1n) is 7.18. The summed E-state index contributed by atoms with van der Waals surface area (Å²) < 4.78 is 0. The Morgan fingerprint density at radius 1 is 1.43 bits per heavy atom. The Kier molecular flexibility index (Phi) is 3.45. The quantitative estimate of drug-likeness (QED) is 0.905. The van der Waals surface area contributed by atoms with Crippen LogP contribution < -0.4 is 5.32 Å². The predicted molar refractivity (Wildman–Crippen MR) is 78.5 cm³/mol. The molecule has 1 amide bonds. The van der Waals surface area contributed by atoms with Crippen LogP contribution in [0.3, 0.4) is 0 Å². The lowest BCUT2D eigenvalue weighted by molar-refractivity contribution is 0.0936. The number of H-pyrrole nitrogens is 1. The van der Waals surface area contributed by atoms with Crippen molar-refractivity contribution < 1.29 is 4.79 Å². The molecule has 6 heteroatoms. The van der Waals surface area contributed by atoms with E-state index in [-0.39, 0.29) is 11.9 Å². The fourth-order valence-corrected chi connectivity index (χ4v) is 2.91. The molecule has 1 heterocycles. The van der Waals surface area contributed by atoms with Gasteiger partial charge in [-0.2, -0.15) is 5.21 Å². The zero-order chi connectivity index (χ0) is 14.9. The molecule has 2 N–H and O–H groups in total. The van der Waals surface area contributed by atoms with Crippen LogP contribution in [0.4, 0.5) is 0 Å². The molecule has 1 atom stereocenters. The van der Waals surface area contributed by atoms with Crippen molar-refractivity contribution >= 4 is 5.91 Å². The normalized spacial score (nSPS) is 20.4. The van der Waals surface area contributed by atoms with Gasteiger partial charge < -0.3 is 5.32 Å². The van der Waals surface area contributed by atoms with Crippen LogP contribution in [0.1, 0.15) is 43.5 Å². The number of tetrazole rings is 1. The molecule has 1 aromatic carbocycles. The Hall–Kier alpha value is -2.24. The minimum Gasteiger partial charge on any atom is -0.349 e. The van der Waals surface area contributed by atoms with E-state index in [0.717, 1.165) is 24.8 Å². The Morgan fingerprint density at radius 2 is 2.29 bits per heavy atom. The monoisotopic (exact) mass is 285 g/mol. The molecule has 3 rings (SSSR count). The van der Waals surface area contributed by atoms with Gasteiger partial charge in [-0.3, -0.25) is 4.79 Å². The van der Waals surface area contributed by atoms with E-state index in [1.165, 1.54) is 0 Å². The van der Waals surface area contributed by atoms with Crippen LogP contribution in [0.5, 0.6) is 0 Å². The van der Waals surface area contributed by atoms with Crippen LogP contribution >= 0.6 is 0 Å². The molecule has 1 saturated carbocycles. The first-order chi connectivity index (χ1) is 10.0. The Balaban J connectivity index is 1.72. The van der Waals surface area contributed by atoms with Crippen molar-refractivity contribution in [3.8, 4) is 11.4 Å². The van der Waals surface area contributed by atoms with Gasteiger partial charge in [0.15, 0.2) is 0 Å². The summed E-state index contributed by atoms with van der Waals surface area (Å²) in [5, 5.41) is 16.9. The van der Waals surface area contributed by atoms with Gasteiger partial charge in [0.25, 0.3) is 5.91 Å². The lowest BCUT2D eigenvalue weighted by atomic mass is 9.92. The topological polar surface area (TPSA) is 83.6 Å². The third kappa shape index (κ3) is 3.09. The standard InChI is InChI=1S/C15H19N5O/c1-15(2)7-6-12(9-15)16-14(21)11-5-3-4-10(8-11)13-17-19-20-18-13/h3-5,8,12H,6-7,9H2,1-2H3,(H,16,21)(H,17,18,19,20). The second-order valence-corrected chi connectivity index (χ2v) is 6.39. The summed E-state index contributed by atoms with van der Waals surface area (Å²) in [6.45, 7) is 4.49. The van der Waals surface area contributed by atoms with Gasteiger partial charge in [-0.25, -0.2) is 0 Å². The highest BCUT2D eigenvalue weighted by Gasteiger charge is 2.31. The first kappa shape index (κ1) is 13.7. The Labute approximate surface area is 123 Å². The second kappa shape index (κ2) is 5.27. The molecule has 0 saturated heterocycles. The molecule has 0 radical (unpaired) electrons. The van der Waals surface area contributed by atoms with E-state index in [9.17, 15) is 4.79 Å². The minimum atomic E-state index is -0.0388. The Morgan fingerprint density at radius 3 is 2.95 bits per heavy atom. The smallest absolute Gasteiger partial charge is 0.251 e. The highest BCUT2D eigenvalue weighted by molar-refractivity contribution is 5.95. The molecule has 1 aliphatic carbocycles. The number of rotatable bonds is 3. The molecule has 6 nitrogen and oxygen atoms in total. The average molecular weight is 285 g/mol. The third-order valence-corrected chi connectivity index (χ3v) is 4.03. The van der Waals surface area contributed by atoms with Crippen molar-refractivity contribution in [2.45, 2.75) is 39.2 Å². The molecule has 21 heavy (non-hydrogen) atoms. The van der Waals surface area contributed by atoms with Gasteiger partial charge >= 0.3 is 0 Å². The zero-order valence-corrected chi connectivity index (χ0v) is 12.3. The van der Waals surface area contributed by atoms with E-state index < -0.39 is 0 Å². The van der Waals surface area contributed by atoms with Gasteiger partial charge in [0, 0.05) is 17.2 Å². The molecular formula is C15H19N5O. The third-order valence-electron chi connectivity index (χ3n) is 4.03. The number of amides is 1. The van der Waals surface area contributed by atoms with Crippen molar-refractivity contribution in [2.75, 3.05) is 0 Å². The van der Waals surface area contributed by atoms with E-state index >= 15 is 0 Å². The highest BCUT2D eigenvalue weighted by Crippen LogP contribution is 2.37. The molecule has 110 valence electrons. The lowest BCUT2D eigenvalue weighted by Gasteiger charge is -2.18. The lowest BCUT2D eigenvalue weighted by Crippen LogP contribution is -2.33. The maximum atomic E-state index is 12.4. The summed E-state index contributed by atoms with van der Waals surface area (Å²) in [5.74, 6) is 0.453. The molecular weight excluding hydrogens is 266 g/mol. The molecule has 1 aliphatic rings. The molecule has 2 aromatic rings. The number of hydrogen-bond donors (Lipinski definition) is 2. The molecule has 0 spiro atoms. The van der Waals surface area contributed by atoms with E-state index in [1.54, 1.807) is 12.1 Å². The summed E-state index contributed by atoms with van der Waals surface area (Å²) in [7, 11) is 0. The van der Waals surface area contributed by atoms with Crippen molar-refractivity contribution in [1.29, 1.82) is 0 Å².